The van der Waals surface area contributed by atoms with Gasteiger partial charge in [-0.25, -0.2) is 4.39 Å². The molecule has 0 aliphatic carbocycles. The van der Waals surface area contributed by atoms with Crippen LogP contribution in [0.2, 0.25) is 0 Å². The summed E-state index contributed by atoms with van der Waals surface area (Å²) in [6.07, 6.45) is 3.26. The van der Waals surface area contributed by atoms with Gasteiger partial charge in [0.2, 0.25) is 0 Å². The molecule has 1 fully saturated rings. The second kappa shape index (κ2) is 9.61. The summed E-state index contributed by atoms with van der Waals surface area (Å²) in [5.74, 6) is -1.33. The Balaban J connectivity index is 1.80. The molecule has 0 aromatic heterocycles. The summed E-state index contributed by atoms with van der Waals surface area (Å²) in [5.41, 5.74) is 0.888. The lowest BCUT2D eigenvalue weighted by molar-refractivity contribution is -0.118. The average Bonchev–Trinajstić information content (AvgIpc) is 3.19. The van der Waals surface area contributed by atoms with Gasteiger partial charge in [-0.2, -0.15) is 0 Å². The Morgan fingerprint density at radius 3 is 2.75 bits per heavy atom. The molecule has 2 aromatic carbocycles. The minimum Gasteiger partial charge on any atom is -0.376 e. The molecule has 0 spiro atoms. The van der Waals surface area contributed by atoms with Crippen molar-refractivity contribution in [1.82, 2.24) is 10.6 Å². The molecule has 2 N–H and O–H groups in total. The molecule has 2 amide bonds. The van der Waals surface area contributed by atoms with Crippen LogP contribution in [0.25, 0.3) is 6.08 Å². The Hall–Kier alpha value is -2.51. The maximum atomic E-state index is 13.5. The van der Waals surface area contributed by atoms with Gasteiger partial charge in [0.05, 0.1) is 11.7 Å². The fourth-order valence-corrected chi connectivity index (χ4v) is 3.33. The van der Waals surface area contributed by atoms with Crippen LogP contribution in [0.15, 0.2) is 58.7 Å². The lowest BCUT2D eigenvalue weighted by Gasteiger charge is -2.14. The van der Waals surface area contributed by atoms with Gasteiger partial charge >= 0.3 is 0 Å². The van der Waals surface area contributed by atoms with E-state index in [1.54, 1.807) is 36.4 Å². The molecule has 1 aliphatic rings. The fraction of sp³-hybridized carbons (Fsp3) is 0.238. The van der Waals surface area contributed by atoms with E-state index in [1.165, 1.54) is 18.2 Å². The minimum atomic E-state index is -0.458. The number of rotatable bonds is 6. The molecule has 7 heteroatoms. The lowest BCUT2D eigenvalue weighted by atomic mass is 10.1. The van der Waals surface area contributed by atoms with Crippen molar-refractivity contribution in [2.24, 2.45) is 0 Å². The molecular formula is C21H20BrFN2O3. The smallest absolute Gasteiger partial charge is 0.267 e. The van der Waals surface area contributed by atoms with Crippen molar-refractivity contribution in [1.29, 1.82) is 0 Å². The maximum Gasteiger partial charge on any atom is 0.267 e. The van der Waals surface area contributed by atoms with Crippen molar-refractivity contribution in [3.63, 3.8) is 0 Å². The number of hydrogen-bond acceptors (Lipinski definition) is 3. The molecule has 1 aliphatic heterocycles. The molecule has 3 rings (SSSR count). The first-order chi connectivity index (χ1) is 13.5. The van der Waals surface area contributed by atoms with Gasteiger partial charge in [0.1, 0.15) is 11.5 Å². The Labute approximate surface area is 171 Å². The van der Waals surface area contributed by atoms with Crippen molar-refractivity contribution in [3.05, 3.63) is 75.6 Å². The van der Waals surface area contributed by atoms with Crippen LogP contribution in [0.1, 0.15) is 28.8 Å². The normalized spacial score (nSPS) is 16.6. The van der Waals surface area contributed by atoms with Gasteiger partial charge < -0.3 is 15.4 Å². The van der Waals surface area contributed by atoms with Gasteiger partial charge in [0.25, 0.3) is 11.8 Å². The number of hydrogen-bond donors (Lipinski definition) is 2. The number of benzene rings is 2. The minimum absolute atomic E-state index is 0.0293. The Kier molecular flexibility index (Phi) is 6.95. The molecular weight excluding hydrogens is 427 g/mol. The largest absolute Gasteiger partial charge is 0.376 e. The van der Waals surface area contributed by atoms with Crippen molar-refractivity contribution in [2.45, 2.75) is 18.9 Å². The summed E-state index contributed by atoms with van der Waals surface area (Å²) in [6.45, 7) is 1.04. The van der Waals surface area contributed by atoms with Crippen molar-refractivity contribution >= 4 is 33.8 Å². The van der Waals surface area contributed by atoms with Gasteiger partial charge in [0, 0.05) is 17.6 Å². The van der Waals surface area contributed by atoms with E-state index in [9.17, 15) is 14.0 Å². The van der Waals surface area contributed by atoms with Crippen molar-refractivity contribution in [2.75, 3.05) is 13.2 Å². The predicted molar refractivity (Wildman–Crippen MR) is 108 cm³/mol. The summed E-state index contributed by atoms with van der Waals surface area (Å²) in [6, 6.07) is 12.7. The monoisotopic (exact) mass is 446 g/mol. The number of nitrogens with one attached hydrogen (secondary N) is 2. The van der Waals surface area contributed by atoms with E-state index in [-0.39, 0.29) is 11.8 Å². The Morgan fingerprint density at radius 2 is 2.04 bits per heavy atom. The van der Waals surface area contributed by atoms with Crippen LogP contribution < -0.4 is 10.6 Å². The van der Waals surface area contributed by atoms with Crippen LogP contribution in [-0.4, -0.2) is 31.1 Å². The third-order valence-corrected chi connectivity index (χ3v) is 4.98. The molecule has 0 saturated carbocycles. The van der Waals surface area contributed by atoms with Crippen LogP contribution in [0.5, 0.6) is 0 Å². The quantitative estimate of drug-likeness (QED) is 0.665. The van der Waals surface area contributed by atoms with Crippen LogP contribution >= 0.6 is 15.9 Å². The molecule has 146 valence electrons. The predicted octanol–water partition coefficient (Wildman–Crippen LogP) is 3.65. The fourth-order valence-electron chi connectivity index (χ4n) is 2.86. The molecule has 1 saturated heterocycles. The molecule has 28 heavy (non-hydrogen) atoms. The first kappa shape index (κ1) is 20.2. The summed E-state index contributed by atoms with van der Waals surface area (Å²) in [5, 5.41) is 5.41. The standard InChI is InChI=1S/C21H20BrFN2O3/c22-18-9-2-1-8-17(18)20(26)25-19(12-14-5-3-6-15(23)11-14)21(27)24-13-16-7-4-10-28-16/h1-3,5-6,8-9,11-12,16H,4,7,10,13H2,(H,24,27)(H,25,26). The van der Waals surface area contributed by atoms with Gasteiger partial charge in [-0.15, -0.1) is 0 Å². The van der Waals surface area contributed by atoms with E-state index in [0.29, 0.717) is 28.8 Å². The van der Waals surface area contributed by atoms with Crippen molar-refractivity contribution in [3.8, 4) is 0 Å². The van der Waals surface area contributed by atoms with E-state index in [1.807, 2.05) is 0 Å². The number of carbonyl (C=O) groups excluding carboxylic acids is 2. The second-order valence-corrected chi connectivity index (χ2v) is 7.25. The number of amides is 2. The van der Waals surface area contributed by atoms with E-state index < -0.39 is 17.6 Å². The Bertz CT molecular complexity index is 895. The molecule has 1 atom stereocenters. The lowest BCUT2D eigenvalue weighted by Crippen LogP contribution is -2.38. The van der Waals surface area contributed by atoms with Crippen LogP contribution in [0.4, 0.5) is 4.39 Å². The van der Waals surface area contributed by atoms with Crippen LogP contribution in [-0.2, 0) is 9.53 Å². The highest BCUT2D eigenvalue weighted by molar-refractivity contribution is 9.10. The van der Waals surface area contributed by atoms with E-state index in [2.05, 4.69) is 26.6 Å². The number of carbonyl (C=O) groups is 2. The highest BCUT2D eigenvalue weighted by atomic mass is 79.9. The number of halogens is 2. The summed E-state index contributed by atoms with van der Waals surface area (Å²) >= 11 is 3.33. The molecule has 0 radical (unpaired) electrons. The molecule has 1 unspecified atom stereocenters. The van der Waals surface area contributed by atoms with E-state index in [0.717, 1.165) is 12.8 Å². The van der Waals surface area contributed by atoms with Crippen molar-refractivity contribution < 1.29 is 18.7 Å². The third-order valence-electron chi connectivity index (χ3n) is 4.29. The number of ether oxygens (including phenoxy) is 1. The van der Waals surface area contributed by atoms with Gasteiger partial charge in [-0.3, -0.25) is 9.59 Å². The molecule has 0 bridgehead atoms. The highest BCUT2D eigenvalue weighted by Gasteiger charge is 2.20. The van der Waals surface area contributed by atoms with Gasteiger partial charge in [-0.05, 0) is 64.7 Å². The topological polar surface area (TPSA) is 67.4 Å². The van der Waals surface area contributed by atoms with Gasteiger partial charge in [-0.1, -0.05) is 24.3 Å². The molecule has 5 nitrogen and oxygen atoms in total. The Morgan fingerprint density at radius 1 is 1.21 bits per heavy atom. The summed E-state index contributed by atoms with van der Waals surface area (Å²) in [7, 11) is 0. The first-order valence-corrected chi connectivity index (χ1v) is 9.75. The summed E-state index contributed by atoms with van der Waals surface area (Å²) in [4.78, 5) is 25.3. The maximum absolute atomic E-state index is 13.5. The zero-order chi connectivity index (χ0) is 19.9. The van der Waals surface area contributed by atoms with E-state index >= 15 is 0 Å². The summed E-state index contributed by atoms with van der Waals surface area (Å²) < 4.78 is 19.6. The zero-order valence-electron chi connectivity index (χ0n) is 15.1. The average molecular weight is 447 g/mol. The molecule has 1 heterocycles. The van der Waals surface area contributed by atoms with Crippen LogP contribution in [0.3, 0.4) is 0 Å². The third kappa shape index (κ3) is 5.50. The van der Waals surface area contributed by atoms with E-state index in [4.69, 9.17) is 4.74 Å². The van der Waals surface area contributed by atoms with Crippen LogP contribution in [0, 0.1) is 5.82 Å². The first-order valence-electron chi connectivity index (χ1n) is 8.96. The zero-order valence-corrected chi connectivity index (χ0v) is 16.7. The molecule has 2 aromatic rings. The second-order valence-electron chi connectivity index (χ2n) is 6.39. The SMILES string of the molecule is O=C(NCC1CCCO1)C(=Cc1cccc(F)c1)NC(=O)c1ccccc1Br. The highest BCUT2D eigenvalue weighted by Crippen LogP contribution is 2.17. The van der Waals surface area contributed by atoms with Gasteiger partial charge in [0.15, 0.2) is 0 Å².